The number of carbonyl (C=O) groups excluding carboxylic acids is 1. The third-order valence-corrected chi connectivity index (χ3v) is 11.3. The molecule has 5 aliphatic rings. The van der Waals surface area contributed by atoms with Crippen LogP contribution in [0.5, 0.6) is 0 Å². The molecule has 5 heteroatoms. The molecule has 0 aromatic heterocycles. The number of ether oxygens (including phenoxy) is 3. The monoisotopic (exact) mass is 462 g/mol. The van der Waals surface area contributed by atoms with E-state index in [1.54, 1.807) is 0 Å². The van der Waals surface area contributed by atoms with Gasteiger partial charge in [-0.05, 0) is 112 Å². The molecule has 0 aromatic rings. The number of carbonyl (C=O) groups is 1. The predicted octanol–water partition coefficient (Wildman–Crippen LogP) is 5.34. The Morgan fingerprint density at radius 3 is 2.36 bits per heavy atom. The van der Waals surface area contributed by atoms with Crippen LogP contribution in [0.4, 0.5) is 0 Å². The van der Waals surface area contributed by atoms with E-state index in [4.69, 9.17) is 14.2 Å². The highest BCUT2D eigenvalue weighted by atomic mass is 16.8. The van der Waals surface area contributed by atoms with Crippen molar-refractivity contribution in [1.82, 2.24) is 0 Å². The molecule has 1 heterocycles. The average molecular weight is 463 g/mol. The number of hydrogen-bond donors (Lipinski definition) is 1. The second kappa shape index (κ2) is 8.20. The zero-order valence-electron chi connectivity index (χ0n) is 21.6. The van der Waals surface area contributed by atoms with Crippen molar-refractivity contribution in [2.24, 2.45) is 46.3 Å². The van der Waals surface area contributed by atoms with Crippen LogP contribution in [-0.4, -0.2) is 42.3 Å². The molecule has 0 radical (unpaired) electrons. The predicted molar refractivity (Wildman–Crippen MR) is 126 cm³/mol. The summed E-state index contributed by atoms with van der Waals surface area (Å²) in [5.74, 6) is 2.76. The highest BCUT2D eigenvalue weighted by Crippen LogP contribution is 2.70. The summed E-state index contributed by atoms with van der Waals surface area (Å²) in [7, 11) is 1.49. The maximum absolute atomic E-state index is 11.8. The van der Waals surface area contributed by atoms with Crippen LogP contribution < -0.4 is 0 Å². The van der Waals surface area contributed by atoms with Crippen molar-refractivity contribution < 1.29 is 24.1 Å². The Hall–Kier alpha value is -0.650. The summed E-state index contributed by atoms with van der Waals surface area (Å²) in [6.07, 6.45) is 9.43. The quantitative estimate of drug-likeness (QED) is 0.572. The van der Waals surface area contributed by atoms with Crippen molar-refractivity contribution in [3.8, 4) is 0 Å². The molecule has 4 unspecified atom stereocenters. The van der Waals surface area contributed by atoms with Gasteiger partial charge in [0.15, 0.2) is 5.79 Å². The Kier molecular flexibility index (Phi) is 5.98. The molecule has 5 fully saturated rings. The Bertz CT molecular complexity index is 765. The summed E-state index contributed by atoms with van der Waals surface area (Å²) in [6.45, 7) is 11.6. The normalized spacial score (nSPS) is 51.1. The number of rotatable bonds is 4. The first-order valence-corrected chi connectivity index (χ1v) is 13.6. The molecule has 1 N–H and O–H groups in total. The maximum Gasteiger partial charge on any atom is 0.305 e. The molecule has 4 aliphatic carbocycles. The fourth-order valence-corrected chi connectivity index (χ4v) is 9.79. The van der Waals surface area contributed by atoms with E-state index in [1.807, 2.05) is 0 Å². The Morgan fingerprint density at radius 2 is 1.64 bits per heavy atom. The van der Waals surface area contributed by atoms with E-state index in [0.717, 1.165) is 25.7 Å². The number of fused-ring (bicyclic) bond motifs is 8. The van der Waals surface area contributed by atoms with Gasteiger partial charge in [-0.3, -0.25) is 4.79 Å². The van der Waals surface area contributed by atoms with Gasteiger partial charge in [-0.15, -0.1) is 0 Å². The van der Waals surface area contributed by atoms with Crippen molar-refractivity contribution >= 4 is 5.97 Å². The van der Waals surface area contributed by atoms with Gasteiger partial charge in [-0.25, -0.2) is 0 Å². The van der Waals surface area contributed by atoms with Crippen molar-refractivity contribution in [3.63, 3.8) is 0 Å². The van der Waals surface area contributed by atoms with Gasteiger partial charge in [0.25, 0.3) is 0 Å². The van der Waals surface area contributed by atoms with Crippen LogP contribution in [0.2, 0.25) is 0 Å². The summed E-state index contributed by atoms with van der Waals surface area (Å²) in [6, 6.07) is 0. The van der Waals surface area contributed by atoms with Gasteiger partial charge in [-0.1, -0.05) is 20.8 Å². The first-order chi connectivity index (χ1) is 15.5. The van der Waals surface area contributed by atoms with Gasteiger partial charge in [-0.2, -0.15) is 0 Å². The van der Waals surface area contributed by atoms with Crippen molar-refractivity contribution in [3.05, 3.63) is 0 Å². The summed E-state index contributed by atoms with van der Waals surface area (Å²) in [4.78, 5) is 11.8. The third-order valence-electron chi connectivity index (χ3n) is 11.3. The van der Waals surface area contributed by atoms with Crippen LogP contribution in [-0.2, 0) is 19.0 Å². The van der Waals surface area contributed by atoms with E-state index < -0.39 is 5.79 Å². The van der Waals surface area contributed by atoms with Crippen LogP contribution in [0.3, 0.4) is 0 Å². The Balaban J connectivity index is 1.44. The third kappa shape index (κ3) is 3.71. The summed E-state index contributed by atoms with van der Waals surface area (Å²) in [5, 5.41) is 10.6. The van der Waals surface area contributed by atoms with Crippen molar-refractivity contribution in [1.29, 1.82) is 0 Å². The zero-order valence-corrected chi connectivity index (χ0v) is 21.6. The first kappa shape index (κ1) is 24.1. The number of methoxy groups -OCH3 is 1. The van der Waals surface area contributed by atoms with Crippen LogP contribution in [0.15, 0.2) is 0 Å². The highest BCUT2D eigenvalue weighted by molar-refractivity contribution is 5.69. The second-order valence-corrected chi connectivity index (χ2v) is 13.2. The van der Waals surface area contributed by atoms with Crippen LogP contribution >= 0.6 is 0 Å². The lowest BCUT2D eigenvalue weighted by atomic mass is 9.43. The lowest BCUT2D eigenvalue weighted by Crippen LogP contribution is -2.63. The zero-order chi connectivity index (χ0) is 23.8. The highest BCUT2D eigenvalue weighted by Gasteiger charge is 2.68. The van der Waals surface area contributed by atoms with E-state index in [9.17, 15) is 9.90 Å². The van der Waals surface area contributed by atoms with E-state index in [1.165, 1.54) is 32.8 Å². The molecular weight excluding hydrogens is 416 g/mol. The molecule has 1 saturated heterocycles. The summed E-state index contributed by atoms with van der Waals surface area (Å²) >= 11 is 0. The minimum atomic E-state index is -0.548. The number of aliphatic hydroxyl groups excluding tert-OH is 1. The fourth-order valence-electron chi connectivity index (χ4n) is 9.79. The number of esters is 1. The van der Waals surface area contributed by atoms with Crippen molar-refractivity contribution in [2.75, 3.05) is 7.11 Å². The molecule has 0 amide bonds. The molecule has 0 spiro atoms. The van der Waals surface area contributed by atoms with Gasteiger partial charge >= 0.3 is 5.97 Å². The van der Waals surface area contributed by atoms with E-state index in [2.05, 4.69) is 34.6 Å². The number of hydrogen-bond acceptors (Lipinski definition) is 5. The molecule has 5 rings (SSSR count). The maximum atomic E-state index is 11.8. The van der Waals surface area contributed by atoms with Gasteiger partial charge in [0, 0.05) is 6.42 Å². The molecule has 0 bridgehead atoms. The smallest absolute Gasteiger partial charge is 0.305 e. The SMILES string of the molecule is COC(=O)CC[C@@H](C)[C@H]1CCC2C3C(CC[C@@]21C)[C@@]1(C)CC[C@@H](O)CC1[C@H]1OC(C)(C)O[C@H]31. The largest absolute Gasteiger partial charge is 0.469 e. The molecule has 33 heavy (non-hydrogen) atoms. The minimum absolute atomic E-state index is 0.0856. The molecule has 11 atom stereocenters. The lowest BCUT2D eigenvalue weighted by Gasteiger charge is -2.63. The first-order valence-electron chi connectivity index (χ1n) is 13.6. The van der Waals surface area contributed by atoms with Crippen molar-refractivity contribution in [2.45, 2.75) is 117 Å². The lowest BCUT2D eigenvalue weighted by molar-refractivity contribution is -0.190. The minimum Gasteiger partial charge on any atom is -0.469 e. The Morgan fingerprint density at radius 1 is 0.970 bits per heavy atom. The Labute approximate surface area is 200 Å². The van der Waals surface area contributed by atoms with E-state index in [0.29, 0.717) is 47.3 Å². The molecule has 0 aromatic carbocycles. The van der Waals surface area contributed by atoms with Gasteiger partial charge in [0.1, 0.15) is 0 Å². The van der Waals surface area contributed by atoms with E-state index >= 15 is 0 Å². The van der Waals surface area contributed by atoms with Gasteiger partial charge in [0.2, 0.25) is 0 Å². The molecule has 1 aliphatic heterocycles. The van der Waals surface area contributed by atoms with Crippen LogP contribution in [0.25, 0.3) is 0 Å². The van der Waals surface area contributed by atoms with Crippen LogP contribution in [0, 0.1) is 46.3 Å². The van der Waals surface area contributed by atoms with Crippen LogP contribution in [0.1, 0.15) is 92.4 Å². The second-order valence-electron chi connectivity index (χ2n) is 13.2. The standard InChI is InChI=1S/C28H46O5/c1-16(7-10-22(30)31-6)18-8-9-19-23-20(12-14-27(18,19)4)28(5)13-11-17(29)15-21(28)24-25(23)33-26(2,3)32-24/h16-21,23-25,29H,7-15H2,1-6H3/t16-,17-,18-,19?,20?,21?,23?,24-,25-,27-,28-/m1/s1. The van der Waals surface area contributed by atoms with Gasteiger partial charge < -0.3 is 19.3 Å². The molecule has 4 saturated carbocycles. The molecular formula is C28H46O5. The topological polar surface area (TPSA) is 65.0 Å². The summed E-state index contributed by atoms with van der Waals surface area (Å²) < 4.78 is 18.3. The number of aliphatic hydroxyl groups is 1. The van der Waals surface area contributed by atoms with Gasteiger partial charge in [0.05, 0.1) is 25.4 Å². The fraction of sp³-hybridized carbons (Fsp3) is 0.964. The van der Waals surface area contributed by atoms with E-state index in [-0.39, 0.29) is 29.7 Å². The molecule has 188 valence electrons. The average Bonchev–Trinajstić information content (AvgIpc) is 3.28. The molecule has 5 nitrogen and oxygen atoms in total. The summed E-state index contributed by atoms with van der Waals surface area (Å²) in [5.41, 5.74) is 0.527.